The maximum absolute atomic E-state index is 12.0. The normalized spacial score (nSPS) is 12.8. The molecule has 1 atom stereocenters. The Morgan fingerprint density at radius 2 is 1.94 bits per heavy atom. The Bertz CT molecular complexity index is 641. The molecule has 2 N–H and O–H groups in total. The largest absolute Gasteiger partial charge is 0.481 e. The van der Waals surface area contributed by atoms with Gasteiger partial charge in [-0.25, -0.2) is 4.79 Å². The predicted molar refractivity (Wildman–Crippen MR) is 65.4 cm³/mol. The zero-order valence-corrected chi connectivity index (χ0v) is 9.91. The number of aliphatic carboxylic acids is 1. The number of nitrogens with zero attached hydrogens (tertiary/aromatic N) is 2. The lowest BCUT2D eigenvalue weighted by Crippen LogP contribution is -2.28. The molecule has 0 saturated carbocycles. The molecule has 2 aromatic rings. The van der Waals surface area contributed by atoms with E-state index in [9.17, 15) is 14.7 Å². The molecule has 0 aliphatic rings. The van der Waals surface area contributed by atoms with E-state index >= 15 is 0 Å². The van der Waals surface area contributed by atoms with Crippen molar-refractivity contribution in [2.75, 3.05) is 0 Å². The highest BCUT2D eigenvalue weighted by atomic mass is 16.4. The number of hydrogen-bond acceptors (Lipinski definition) is 3. The number of carboxylic acid groups (broad SMARTS) is 1. The van der Waals surface area contributed by atoms with Crippen LogP contribution in [0.2, 0.25) is 0 Å². The molecule has 1 unspecified atom stereocenters. The van der Waals surface area contributed by atoms with Gasteiger partial charge in [0.2, 0.25) is 0 Å². The second-order valence-electron chi connectivity index (χ2n) is 4.19. The number of carboxylic acids is 1. The molecule has 1 aromatic carbocycles. The molecule has 0 spiro atoms. The van der Waals surface area contributed by atoms with Gasteiger partial charge in [0.1, 0.15) is 0 Å². The summed E-state index contributed by atoms with van der Waals surface area (Å²) >= 11 is 0. The van der Waals surface area contributed by atoms with E-state index in [-0.39, 0.29) is 18.7 Å². The fourth-order valence-corrected chi connectivity index (χ4v) is 2.02. The molecule has 0 bridgehead atoms. The number of aliphatic hydroxyl groups is 1. The van der Waals surface area contributed by atoms with Crippen LogP contribution in [-0.4, -0.2) is 31.4 Å². The number of aromatic nitrogens is 2. The van der Waals surface area contributed by atoms with Crippen LogP contribution in [0.1, 0.15) is 6.42 Å². The molecule has 6 heteroatoms. The Hall–Kier alpha value is -2.08. The average Bonchev–Trinajstić information content (AvgIpc) is 2.54. The number of imidazole rings is 1. The van der Waals surface area contributed by atoms with Crippen LogP contribution < -0.4 is 5.69 Å². The number of rotatable bonds is 4. The lowest BCUT2D eigenvalue weighted by Gasteiger charge is -2.08. The fourth-order valence-electron chi connectivity index (χ4n) is 2.02. The topological polar surface area (TPSA) is 84.5 Å². The third-order valence-electron chi connectivity index (χ3n) is 2.86. The molecule has 1 aromatic heterocycles. The van der Waals surface area contributed by atoms with Gasteiger partial charge in [-0.2, -0.15) is 0 Å². The van der Waals surface area contributed by atoms with Crippen LogP contribution in [0.25, 0.3) is 11.0 Å². The van der Waals surface area contributed by atoms with Crippen molar-refractivity contribution in [3.05, 3.63) is 34.7 Å². The summed E-state index contributed by atoms with van der Waals surface area (Å²) < 4.78 is 2.87. The highest BCUT2D eigenvalue weighted by Crippen LogP contribution is 2.12. The number of para-hydroxylation sites is 2. The zero-order chi connectivity index (χ0) is 13.3. The Labute approximate surface area is 103 Å². The zero-order valence-electron chi connectivity index (χ0n) is 9.91. The average molecular weight is 250 g/mol. The van der Waals surface area contributed by atoms with Crippen LogP contribution in [0.4, 0.5) is 0 Å². The van der Waals surface area contributed by atoms with Crippen LogP contribution in [0.15, 0.2) is 29.1 Å². The predicted octanol–water partition coefficient (Wildman–Crippen LogP) is 0.176. The molecule has 0 amide bonds. The Morgan fingerprint density at radius 1 is 1.33 bits per heavy atom. The van der Waals surface area contributed by atoms with Gasteiger partial charge in [-0.3, -0.25) is 13.9 Å². The quantitative estimate of drug-likeness (QED) is 0.810. The summed E-state index contributed by atoms with van der Waals surface area (Å²) in [5, 5.41) is 18.2. The Kier molecular flexibility index (Phi) is 3.20. The Morgan fingerprint density at radius 3 is 2.56 bits per heavy atom. The molecule has 18 heavy (non-hydrogen) atoms. The van der Waals surface area contributed by atoms with Gasteiger partial charge < -0.3 is 10.2 Å². The van der Waals surface area contributed by atoms with E-state index in [1.165, 1.54) is 9.13 Å². The van der Waals surface area contributed by atoms with Gasteiger partial charge >= 0.3 is 11.7 Å². The summed E-state index contributed by atoms with van der Waals surface area (Å²) in [5.41, 5.74) is 1.18. The van der Waals surface area contributed by atoms with Crippen molar-refractivity contribution in [2.24, 2.45) is 7.05 Å². The van der Waals surface area contributed by atoms with Gasteiger partial charge in [0.25, 0.3) is 0 Å². The van der Waals surface area contributed by atoms with E-state index in [1.807, 2.05) is 6.07 Å². The minimum absolute atomic E-state index is 0.0213. The Balaban J connectivity index is 2.42. The van der Waals surface area contributed by atoms with Gasteiger partial charge in [0, 0.05) is 7.05 Å². The van der Waals surface area contributed by atoms with Crippen molar-refractivity contribution < 1.29 is 15.0 Å². The van der Waals surface area contributed by atoms with Crippen LogP contribution >= 0.6 is 0 Å². The minimum atomic E-state index is -1.09. The summed E-state index contributed by atoms with van der Waals surface area (Å²) in [5.74, 6) is -1.09. The van der Waals surface area contributed by atoms with Gasteiger partial charge in [-0.05, 0) is 12.1 Å². The summed E-state index contributed by atoms with van der Waals surface area (Å²) in [7, 11) is 1.64. The summed E-state index contributed by atoms with van der Waals surface area (Å²) in [6.07, 6.45) is -1.46. The lowest BCUT2D eigenvalue weighted by atomic mass is 10.2. The lowest BCUT2D eigenvalue weighted by molar-refractivity contribution is -0.139. The molecular formula is C12H14N2O4. The van der Waals surface area contributed by atoms with E-state index in [4.69, 9.17) is 5.11 Å². The fraction of sp³-hybridized carbons (Fsp3) is 0.333. The van der Waals surface area contributed by atoms with Gasteiger partial charge in [0.15, 0.2) is 0 Å². The number of benzene rings is 1. The third-order valence-corrected chi connectivity index (χ3v) is 2.86. The first-order chi connectivity index (χ1) is 8.50. The number of hydrogen-bond donors (Lipinski definition) is 2. The van der Waals surface area contributed by atoms with Crippen molar-refractivity contribution >= 4 is 17.0 Å². The molecule has 0 saturated heterocycles. The van der Waals surface area contributed by atoms with Gasteiger partial charge in [-0.1, -0.05) is 12.1 Å². The van der Waals surface area contributed by atoms with E-state index in [1.54, 1.807) is 25.2 Å². The van der Waals surface area contributed by atoms with Crippen molar-refractivity contribution in [1.29, 1.82) is 0 Å². The van der Waals surface area contributed by atoms with Crippen molar-refractivity contribution in [1.82, 2.24) is 9.13 Å². The highest BCUT2D eigenvalue weighted by molar-refractivity contribution is 5.75. The van der Waals surface area contributed by atoms with Crippen LogP contribution in [0, 0.1) is 0 Å². The second-order valence-corrected chi connectivity index (χ2v) is 4.19. The molecule has 2 rings (SSSR count). The second kappa shape index (κ2) is 4.66. The highest BCUT2D eigenvalue weighted by Gasteiger charge is 2.15. The van der Waals surface area contributed by atoms with Crippen LogP contribution in [-0.2, 0) is 18.4 Å². The van der Waals surface area contributed by atoms with Crippen molar-refractivity contribution in [3.63, 3.8) is 0 Å². The first-order valence-electron chi connectivity index (χ1n) is 5.55. The number of fused-ring (bicyclic) bond motifs is 1. The van der Waals surface area contributed by atoms with Crippen LogP contribution in [0.5, 0.6) is 0 Å². The van der Waals surface area contributed by atoms with Gasteiger partial charge in [-0.15, -0.1) is 0 Å². The monoisotopic (exact) mass is 250 g/mol. The minimum Gasteiger partial charge on any atom is -0.481 e. The summed E-state index contributed by atoms with van der Waals surface area (Å²) in [6, 6.07) is 7.18. The van der Waals surface area contributed by atoms with E-state index in [0.29, 0.717) is 5.52 Å². The van der Waals surface area contributed by atoms with E-state index < -0.39 is 12.1 Å². The molecule has 96 valence electrons. The molecular weight excluding hydrogens is 236 g/mol. The molecule has 6 nitrogen and oxygen atoms in total. The van der Waals surface area contributed by atoms with E-state index in [0.717, 1.165) is 5.52 Å². The molecule has 1 heterocycles. The summed E-state index contributed by atoms with van der Waals surface area (Å²) in [4.78, 5) is 22.5. The van der Waals surface area contributed by atoms with Gasteiger partial charge in [0.05, 0.1) is 30.1 Å². The molecule has 0 aliphatic carbocycles. The van der Waals surface area contributed by atoms with Crippen molar-refractivity contribution in [2.45, 2.75) is 19.1 Å². The molecule has 0 fully saturated rings. The first kappa shape index (κ1) is 12.4. The maximum Gasteiger partial charge on any atom is 0.328 e. The SMILES string of the molecule is Cn1c(=O)n(CC(O)CC(=O)O)c2ccccc21. The first-order valence-corrected chi connectivity index (χ1v) is 5.55. The standard InChI is InChI=1S/C12H14N2O4/c1-13-9-4-2-3-5-10(9)14(12(13)18)7-8(15)6-11(16)17/h2-5,8,15H,6-7H2,1H3,(H,16,17). The molecule has 0 aliphatic heterocycles. The van der Waals surface area contributed by atoms with Crippen LogP contribution in [0.3, 0.4) is 0 Å². The number of carbonyl (C=O) groups is 1. The number of aryl methyl sites for hydroxylation is 1. The smallest absolute Gasteiger partial charge is 0.328 e. The third kappa shape index (κ3) is 2.14. The van der Waals surface area contributed by atoms with E-state index in [2.05, 4.69) is 0 Å². The number of aliphatic hydroxyl groups excluding tert-OH is 1. The van der Waals surface area contributed by atoms with Crippen molar-refractivity contribution in [3.8, 4) is 0 Å². The summed E-state index contributed by atoms with van der Waals surface area (Å²) in [6.45, 7) is -0.0213. The molecule has 0 radical (unpaired) electrons. The maximum atomic E-state index is 12.0.